The lowest BCUT2D eigenvalue weighted by atomic mass is 10.3. The van der Waals surface area contributed by atoms with Gasteiger partial charge in [-0.25, -0.2) is 4.98 Å². The monoisotopic (exact) mass is 195 g/mol. The van der Waals surface area contributed by atoms with E-state index in [0.29, 0.717) is 5.82 Å². The van der Waals surface area contributed by atoms with Gasteiger partial charge in [0.1, 0.15) is 11.6 Å². The van der Waals surface area contributed by atoms with Crippen molar-refractivity contribution in [2.45, 2.75) is 6.54 Å². The fraction of sp³-hybridized carbons (Fsp3) is 0.667. The number of likely N-dealkylation sites (N-methyl/N-ethyl adjacent to an activating group) is 1. The maximum atomic E-state index is 5.56. The van der Waals surface area contributed by atoms with E-state index in [-0.39, 0.29) is 0 Å². The van der Waals surface area contributed by atoms with Crippen LogP contribution in [0.25, 0.3) is 0 Å². The minimum absolute atomic E-state index is 0.647. The minimum Gasteiger partial charge on any atom is -0.384 e. The van der Waals surface area contributed by atoms with E-state index in [4.69, 9.17) is 5.73 Å². The van der Waals surface area contributed by atoms with Crippen LogP contribution in [0.15, 0.2) is 6.20 Å². The predicted molar refractivity (Wildman–Crippen MR) is 55.8 cm³/mol. The Morgan fingerprint density at radius 2 is 2.14 bits per heavy atom. The smallest absolute Gasteiger partial charge is 0.121 e. The SMILES string of the molecule is CN1CCN(Cc2ncc(N)[nH]2)CC1. The molecule has 0 unspecified atom stereocenters. The van der Waals surface area contributed by atoms with Crippen LogP contribution in [0, 0.1) is 0 Å². The average molecular weight is 195 g/mol. The summed E-state index contributed by atoms with van der Waals surface area (Å²) >= 11 is 0. The van der Waals surface area contributed by atoms with Gasteiger partial charge in [0.25, 0.3) is 0 Å². The number of piperazine rings is 1. The topological polar surface area (TPSA) is 61.2 Å². The Hall–Kier alpha value is -1.07. The van der Waals surface area contributed by atoms with Gasteiger partial charge in [-0.1, -0.05) is 0 Å². The van der Waals surface area contributed by atoms with Gasteiger partial charge in [0.15, 0.2) is 0 Å². The molecule has 1 aromatic heterocycles. The Bertz CT molecular complexity index is 287. The van der Waals surface area contributed by atoms with Crippen LogP contribution in [0.4, 0.5) is 5.82 Å². The molecule has 0 aromatic carbocycles. The number of anilines is 1. The Labute approximate surface area is 83.9 Å². The molecule has 2 rings (SSSR count). The van der Waals surface area contributed by atoms with Gasteiger partial charge in [-0.2, -0.15) is 0 Å². The van der Waals surface area contributed by atoms with Gasteiger partial charge in [0.05, 0.1) is 12.7 Å². The summed E-state index contributed by atoms with van der Waals surface area (Å²) in [6.45, 7) is 5.37. The van der Waals surface area contributed by atoms with Crippen LogP contribution in [0.5, 0.6) is 0 Å². The Morgan fingerprint density at radius 1 is 1.43 bits per heavy atom. The summed E-state index contributed by atoms with van der Waals surface area (Å²) in [5.74, 6) is 1.61. The van der Waals surface area contributed by atoms with Gasteiger partial charge >= 0.3 is 0 Å². The number of nitrogen functional groups attached to an aromatic ring is 1. The zero-order valence-corrected chi connectivity index (χ0v) is 8.53. The molecule has 1 fully saturated rings. The number of nitrogens with one attached hydrogen (secondary N) is 1. The van der Waals surface area contributed by atoms with E-state index >= 15 is 0 Å². The van der Waals surface area contributed by atoms with Gasteiger partial charge in [-0.3, -0.25) is 4.90 Å². The second-order valence-electron chi connectivity index (χ2n) is 3.86. The number of aromatic amines is 1. The van der Waals surface area contributed by atoms with Crippen molar-refractivity contribution in [2.75, 3.05) is 39.0 Å². The summed E-state index contributed by atoms with van der Waals surface area (Å²) in [6, 6.07) is 0. The summed E-state index contributed by atoms with van der Waals surface area (Å²) in [6.07, 6.45) is 1.67. The predicted octanol–water partition coefficient (Wildman–Crippen LogP) is -0.261. The molecule has 1 aliphatic heterocycles. The Kier molecular flexibility index (Phi) is 2.69. The van der Waals surface area contributed by atoms with Crippen LogP contribution in [0.2, 0.25) is 0 Å². The third kappa shape index (κ3) is 2.24. The van der Waals surface area contributed by atoms with E-state index in [1.807, 2.05) is 0 Å². The van der Waals surface area contributed by atoms with Crippen molar-refractivity contribution in [2.24, 2.45) is 0 Å². The van der Waals surface area contributed by atoms with Gasteiger partial charge in [0, 0.05) is 26.2 Å². The molecule has 0 saturated carbocycles. The molecule has 78 valence electrons. The molecule has 0 radical (unpaired) electrons. The summed E-state index contributed by atoms with van der Waals surface area (Å²) in [7, 11) is 2.15. The first-order chi connectivity index (χ1) is 6.74. The molecule has 5 heteroatoms. The number of hydrogen-bond acceptors (Lipinski definition) is 4. The van der Waals surface area contributed by atoms with E-state index < -0.39 is 0 Å². The Morgan fingerprint density at radius 3 is 2.71 bits per heavy atom. The van der Waals surface area contributed by atoms with Gasteiger partial charge in [0.2, 0.25) is 0 Å². The number of imidazole rings is 1. The highest BCUT2D eigenvalue weighted by molar-refractivity contribution is 5.24. The normalized spacial score (nSPS) is 20.1. The average Bonchev–Trinajstić information content (AvgIpc) is 2.56. The lowest BCUT2D eigenvalue weighted by Gasteiger charge is -2.31. The van der Waals surface area contributed by atoms with Crippen LogP contribution in [-0.2, 0) is 6.54 Å². The summed E-state index contributed by atoms with van der Waals surface area (Å²) in [5.41, 5.74) is 5.56. The van der Waals surface area contributed by atoms with Crippen LogP contribution in [-0.4, -0.2) is 53.0 Å². The first-order valence-electron chi connectivity index (χ1n) is 4.94. The van der Waals surface area contributed by atoms with Crippen molar-refractivity contribution >= 4 is 5.82 Å². The van der Waals surface area contributed by atoms with E-state index in [2.05, 4.69) is 26.8 Å². The number of nitrogens with zero attached hydrogens (tertiary/aromatic N) is 3. The molecule has 3 N–H and O–H groups in total. The van der Waals surface area contributed by atoms with Crippen molar-refractivity contribution in [1.82, 2.24) is 19.8 Å². The quantitative estimate of drug-likeness (QED) is 0.682. The zero-order chi connectivity index (χ0) is 9.97. The number of H-pyrrole nitrogens is 1. The standard InChI is InChI=1S/C9H17N5/c1-13-2-4-14(5-3-13)7-9-11-6-8(10)12-9/h6H,2-5,7,10H2,1H3,(H,11,12). The van der Waals surface area contributed by atoms with Crippen molar-refractivity contribution in [3.63, 3.8) is 0 Å². The van der Waals surface area contributed by atoms with E-state index in [9.17, 15) is 0 Å². The molecule has 1 aliphatic rings. The second kappa shape index (κ2) is 3.98. The number of nitrogens with two attached hydrogens (primary N) is 1. The maximum Gasteiger partial charge on any atom is 0.121 e. The summed E-state index contributed by atoms with van der Waals surface area (Å²) in [5, 5.41) is 0. The molecule has 14 heavy (non-hydrogen) atoms. The highest BCUT2D eigenvalue weighted by Crippen LogP contribution is 2.05. The summed E-state index contributed by atoms with van der Waals surface area (Å²) < 4.78 is 0. The number of aromatic nitrogens is 2. The van der Waals surface area contributed by atoms with Gasteiger partial charge in [-0.05, 0) is 7.05 Å². The molecule has 1 aromatic rings. The van der Waals surface area contributed by atoms with Crippen molar-refractivity contribution < 1.29 is 0 Å². The highest BCUT2D eigenvalue weighted by atomic mass is 15.3. The maximum absolute atomic E-state index is 5.56. The second-order valence-corrected chi connectivity index (χ2v) is 3.86. The van der Waals surface area contributed by atoms with E-state index in [1.165, 1.54) is 0 Å². The molecule has 5 nitrogen and oxygen atoms in total. The van der Waals surface area contributed by atoms with Crippen LogP contribution >= 0.6 is 0 Å². The molecule has 1 saturated heterocycles. The van der Waals surface area contributed by atoms with Crippen LogP contribution in [0.1, 0.15) is 5.82 Å². The van der Waals surface area contributed by atoms with Crippen LogP contribution < -0.4 is 5.73 Å². The lowest BCUT2D eigenvalue weighted by Crippen LogP contribution is -2.44. The van der Waals surface area contributed by atoms with Crippen molar-refractivity contribution in [3.8, 4) is 0 Å². The minimum atomic E-state index is 0.647. The number of rotatable bonds is 2. The molecule has 0 atom stereocenters. The molecule has 0 aliphatic carbocycles. The number of hydrogen-bond donors (Lipinski definition) is 2. The van der Waals surface area contributed by atoms with Crippen molar-refractivity contribution in [1.29, 1.82) is 0 Å². The van der Waals surface area contributed by atoms with Crippen molar-refractivity contribution in [3.05, 3.63) is 12.0 Å². The Balaban J connectivity index is 1.86. The molecule has 0 bridgehead atoms. The van der Waals surface area contributed by atoms with Gasteiger partial charge < -0.3 is 15.6 Å². The molecular weight excluding hydrogens is 178 g/mol. The summed E-state index contributed by atoms with van der Waals surface area (Å²) in [4.78, 5) is 12.0. The van der Waals surface area contributed by atoms with Crippen LogP contribution in [0.3, 0.4) is 0 Å². The first-order valence-corrected chi connectivity index (χ1v) is 4.94. The fourth-order valence-corrected chi connectivity index (χ4v) is 1.68. The lowest BCUT2D eigenvalue weighted by molar-refractivity contribution is 0.146. The van der Waals surface area contributed by atoms with E-state index in [1.54, 1.807) is 6.20 Å². The highest BCUT2D eigenvalue weighted by Gasteiger charge is 2.14. The fourth-order valence-electron chi connectivity index (χ4n) is 1.68. The van der Waals surface area contributed by atoms with Gasteiger partial charge in [-0.15, -0.1) is 0 Å². The molecule has 2 heterocycles. The third-order valence-corrected chi connectivity index (χ3v) is 2.62. The van der Waals surface area contributed by atoms with E-state index in [0.717, 1.165) is 38.5 Å². The zero-order valence-electron chi connectivity index (χ0n) is 8.53. The first kappa shape index (κ1) is 9.48. The third-order valence-electron chi connectivity index (χ3n) is 2.62. The largest absolute Gasteiger partial charge is 0.384 e. The molecular formula is C9H17N5. The molecule has 0 spiro atoms. The molecule has 0 amide bonds.